The van der Waals surface area contributed by atoms with Crippen LogP contribution in [0.3, 0.4) is 0 Å². The summed E-state index contributed by atoms with van der Waals surface area (Å²) in [6.07, 6.45) is 2.46. The number of pyridine rings is 1. The van der Waals surface area contributed by atoms with Crippen LogP contribution in [0.2, 0.25) is 0 Å². The van der Waals surface area contributed by atoms with Crippen LogP contribution in [0, 0.1) is 0 Å². The normalized spacial score (nSPS) is 13.1. The molecule has 0 aliphatic carbocycles. The number of aromatic amines is 1. The van der Waals surface area contributed by atoms with E-state index in [1.54, 1.807) is 30.3 Å². The average Bonchev–Trinajstić information content (AvgIpc) is 2.46. The highest BCUT2D eigenvalue weighted by atomic mass is 32.2. The molecule has 106 valence electrons. The Morgan fingerprint density at radius 3 is 2.50 bits per heavy atom. The molecular formula is C13H14N2O4S. The highest BCUT2D eigenvalue weighted by Crippen LogP contribution is 2.14. The number of rotatable bonds is 5. The van der Waals surface area contributed by atoms with Crippen LogP contribution in [0.4, 0.5) is 0 Å². The van der Waals surface area contributed by atoms with E-state index in [0.717, 1.165) is 12.3 Å². The summed E-state index contributed by atoms with van der Waals surface area (Å²) in [7, 11) is -4.00. The highest BCUT2D eigenvalue weighted by Gasteiger charge is 2.22. The molecule has 0 bridgehead atoms. The molecule has 0 radical (unpaired) electrons. The van der Waals surface area contributed by atoms with E-state index in [0.29, 0.717) is 5.56 Å². The second-order valence-corrected chi connectivity index (χ2v) is 5.82. The number of hydrogen-bond donors (Lipinski definition) is 3. The molecule has 6 nitrogen and oxygen atoms in total. The van der Waals surface area contributed by atoms with Gasteiger partial charge in [0.25, 0.3) is 0 Å². The van der Waals surface area contributed by atoms with Gasteiger partial charge in [-0.3, -0.25) is 4.79 Å². The van der Waals surface area contributed by atoms with Crippen molar-refractivity contribution in [2.75, 3.05) is 6.61 Å². The maximum atomic E-state index is 12.2. The minimum atomic E-state index is -4.00. The SMILES string of the molecule is O=c1cc[nH]cc1S(=O)(=O)N[C@@H](CO)c1ccccc1. The fraction of sp³-hybridized carbons (Fsp3) is 0.154. The molecule has 1 aromatic carbocycles. The first-order chi connectivity index (χ1) is 9.54. The van der Waals surface area contributed by atoms with Crippen molar-refractivity contribution in [3.63, 3.8) is 0 Å². The summed E-state index contributed by atoms with van der Waals surface area (Å²) < 4.78 is 26.6. The number of nitrogens with one attached hydrogen (secondary N) is 2. The van der Waals surface area contributed by atoms with Gasteiger partial charge < -0.3 is 10.1 Å². The molecule has 0 amide bonds. The third-order valence-electron chi connectivity index (χ3n) is 2.76. The third kappa shape index (κ3) is 3.13. The molecule has 0 saturated carbocycles. The van der Waals surface area contributed by atoms with Crippen molar-refractivity contribution in [2.24, 2.45) is 0 Å². The molecule has 1 aromatic heterocycles. The van der Waals surface area contributed by atoms with Crippen LogP contribution < -0.4 is 10.2 Å². The van der Waals surface area contributed by atoms with Crippen LogP contribution in [0.25, 0.3) is 0 Å². The zero-order valence-electron chi connectivity index (χ0n) is 10.5. The first kappa shape index (κ1) is 14.4. The topological polar surface area (TPSA) is 99.3 Å². The molecule has 0 saturated heterocycles. The van der Waals surface area contributed by atoms with E-state index in [4.69, 9.17) is 0 Å². The molecule has 0 aliphatic heterocycles. The van der Waals surface area contributed by atoms with Crippen molar-refractivity contribution in [1.82, 2.24) is 9.71 Å². The molecule has 0 fully saturated rings. The molecule has 1 atom stereocenters. The predicted molar refractivity (Wildman–Crippen MR) is 73.7 cm³/mol. The van der Waals surface area contributed by atoms with E-state index < -0.39 is 28.1 Å². The molecule has 0 aliphatic rings. The number of aliphatic hydroxyl groups excluding tert-OH is 1. The quantitative estimate of drug-likeness (QED) is 0.742. The first-order valence-electron chi connectivity index (χ1n) is 5.90. The lowest BCUT2D eigenvalue weighted by Crippen LogP contribution is -2.33. The number of aliphatic hydroxyl groups is 1. The molecule has 20 heavy (non-hydrogen) atoms. The van der Waals surface area contributed by atoms with Crippen molar-refractivity contribution in [3.05, 3.63) is 64.6 Å². The van der Waals surface area contributed by atoms with Gasteiger partial charge >= 0.3 is 0 Å². The molecular weight excluding hydrogens is 280 g/mol. The van der Waals surface area contributed by atoms with Gasteiger partial charge in [-0.1, -0.05) is 30.3 Å². The monoisotopic (exact) mass is 294 g/mol. The summed E-state index contributed by atoms with van der Waals surface area (Å²) in [6, 6.07) is 8.97. The number of aromatic nitrogens is 1. The molecule has 2 rings (SSSR count). The van der Waals surface area contributed by atoms with E-state index in [1.165, 1.54) is 6.20 Å². The predicted octanol–water partition coefficient (Wildman–Crippen LogP) is 0.387. The van der Waals surface area contributed by atoms with Crippen LogP contribution >= 0.6 is 0 Å². The zero-order chi connectivity index (χ0) is 14.6. The largest absolute Gasteiger partial charge is 0.394 e. The highest BCUT2D eigenvalue weighted by molar-refractivity contribution is 7.89. The van der Waals surface area contributed by atoms with Gasteiger partial charge in [-0.15, -0.1) is 0 Å². The Kier molecular flexibility index (Phi) is 4.33. The summed E-state index contributed by atoms with van der Waals surface area (Å²) in [5.74, 6) is 0. The van der Waals surface area contributed by atoms with E-state index >= 15 is 0 Å². The van der Waals surface area contributed by atoms with E-state index in [9.17, 15) is 18.3 Å². The summed E-state index contributed by atoms with van der Waals surface area (Å²) in [4.78, 5) is 13.7. The molecule has 0 spiro atoms. The Morgan fingerprint density at radius 1 is 1.20 bits per heavy atom. The van der Waals surface area contributed by atoms with Gasteiger partial charge in [0.2, 0.25) is 15.5 Å². The molecule has 3 N–H and O–H groups in total. The van der Waals surface area contributed by atoms with Gasteiger partial charge in [0.05, 0.1) is 12.6 Å². The Bertz CT molecular complexity index is 725. The van der Waals surface area contributed by atoms with Gasteiger partial charge in [-0.2, -0.15) is 0 Å². The summed E-state index contributed by atoms with van der Waals surface area (Å²) in [6.45, 7) is -0.409. The number of sulfonamides is 1. The van der Waals surface area contributed by atoms with E-state index in [-0.39, 0.29) is 4.90 Å². The van der Waals surface area contributed by atoms with Gasteiger partial charge in [-0.05, 0) is 5.56 Å². The summed E-state index contributed by atoms with van der Waals surface area (Å²) >= 11 is 0. The molecule has 7 heteroatoms. The average molecular weight is 294 g/mol. The third-order valence-corrected chi connectivity index (χ3v) is 4.25. The second kappa shape index (κ2) is 6.00. The lowest BCUT2D eigenvalue weighted by atomic mass is 10.1. The fourth-order valence-electron chi connectivity index (χ4n) is 1.76. The summed E-state index contributed by atoms with van der Waals surface area (Å²) in [5.41, 5.74) is 0.00642. The minimum absolute atomic E-state index is 0.380. The Morgan fingerprint density at radius 2 is 1.90 bits per heavy atom. The maximum Gasteiger partial charge on any atom is 0.246 e. The molecule has 0 unspecified atom stereocenters. The van der Waals surface area contributed by atoms with Crippen LogP contribution in [-0.2, 0) is 10.0 Å². The smallest absolute Gasteiger partial charge is 0.246 e. The minimum Gasteiger partial charge on any atom is -0.394 e. The van der Waals surface area contributed by atoms with Crippen LogP contribution in [0.15, 0.2) is 58.5 Å². The van der Waals surface area contributed by atoms with Crippen molar-refractivity contribution < 1.29 is 13.5 Å². The lowest BCUT2D eigenvalue weighted by molar-refractivity contribution is 0.259. The maximum absolute atomic E-state index is 12.2. The Labute approximate surface area is 116 Å². The Balaban J connectivity index is 2.32. The molecule has 2 aromatic rings. The number of hydrogen-bond acceptors (Lipinski definition) is 4. The van der Waals surface area contributed by atoms with Gasteiger partial charge in [0.1, 0.15) is 4.90 Å². The van der Waals surface area contributed by atoms with Gasteiger partial charge in [0, 0.05) is 18.5 Å². The van der Waals surface area contributed by atoms with E-state index in [1.807, 2.05) is 0 Å². The fourth-order valence-corrected chi connectivity index (χ4v) is 3.03. The van der Waals surface area contributed by atoms with Crippen LogP contribution in [-0.4, -0.2) is 25.1 Å². The van der Waals surface area contributed by atoms with Crippen molar-refractivity contribution in [3.8, 4) is 0 Å². The number of H-pyrrole nitrogens is 1. The van der Waals surface area contributed by atoms with Gasteiger partial charge in [0.15, 0.2) is 0 Å². The van der Waals surface area contributed by atoms with Crippen LogP contribution in [0.1, 0.15) is 11.6 Å². The molecule has 1 heterocycles. The van der Waals surface area contributed by atoms with Crippen molar-refractivity contribution >= 4 is 10.0 Å². The van der Waals surface area contributed by atoms with E-state index in [2.05, 4.69) is 9.71 Å². The summed E-state index contributed by atoms with van der Waals surface area (Å²) in [5, 5.41) is 9.35. The van der Waals surface area contributed by atoms with Crippen molar-refractivity contribution in [1.29, 1.82) is 0 Å². The second-order valence-electron chi connectivity index (χ2n) is 4.14. The zero-order valence-corrected chi connectivity index (χ0v) is 11.3. The van der Waals surface area contributed by atoms with Crippen LogP contribution in [0.5, 0.6) is 0 Å². The van der Waals surface area contributed by atoms with Crippen molar-refractivity contribution in [2.45, 2.75) is 10.9 Å². The van der Waals surface area contributed by atoms with Gasteiger partial charge in [-0.25, -0.2) is 13.1 Å². The Hall–Kier alpha value is -1.96. The standard InChI is InChI=1S/C13H14N2O4S/c16-9-11(10-4-2-1-3-5-10)15-20(18,19)13-8-14-7-6-12(13)17/h1-8,11,15-16H,9H2,(H,14,17)/t11-/m0/s1. The number of benzene rings is 1. The first-order valence-corrected chi connectivity index (χ1v) is 7.38. The lowest BCUT2D eigenvalue weighted by Gasteiger charge is -2.16.